The van der Waals surface area contributed by atoms with Gasteiger partial charge in [0.15, 0.2) is 0 Å². The van der Waals surface area contributed by atoms with E-state index in [1.165, 1.54) is 18.2 Å². The van der Waals surface area contributed by atoms with Gasteiger partial charge in [-0.25, -0.2) is 0 Å². The molecule has 104 valence electrons. The smallest absolute Gasteiger partial charge is 0.270 e. The predicted molar refractivity (Wildman–Crippen MR) is 74.4 cm³/mol. The third-order valence-corrected chi connectivity index (χ3v) is 2.51. The van der Waals surface area contributed by atoms with Gasteiger partial charge in [-0.3, -0.25) is 14.9 Å². The van der Waals surface area contributed by atoms with E-state index in [0.29, 0.717) is 12.2 Å². The van der Waals surface area contributed by atoms with Crippen LogP contribution in [0.5, 0.6) is 0 Å². The standard InChI is InChI=1S/C13H19N3O3/c1-13(2,3)8-15-12(17)10-7-9(16(18)19)5-6-11(10)14-4/h5-7,14H,8H2,1-4H3,(H,15,17). The highest BCUT2D eigenvalue weighted by molar-refractivity contribution is 6.00. The van der Waals surface area contributed by atoms with Crippen LogP contribution in [-0.2, 0) is 0 Å². The Kier molecular flexibility index (Phi) is 4.47. The number of nitrogens with one attached hydrogen (secondary N) is 2. The van der Waals surface area contributed by atoms with E-state index in [-0.39, 0.29) is 22.6 Å². The predicted octanol–water partition coefficient (Wildman–Crippen LogP) is 2.41. The Bertz CT molecular complexity index is 492. The van der Waals surface area contributed by atoms with E-state index in [1.54, 1.807) is 7.05 Å². The zero-order valence-corrected chi connectivity index (χ0v) is 11.6. The average molecular weight is 265 g/mol. The van der Waals surface area contributed by atoms with Crippen molar-refractivity contribution in [1.82, 2.24) is 5.32 Å². The number of anilines is 1. The summed E-state index contributed by atoms with van der Waals surface area (Å²) in [4.78, 5) is 22.3. The van der Waals surface area contributed by atoms with Gasteiger partial charge in [-0.1, -0.05) is 20.8 Å². The Labute approximate surface area is 112 Å². The summed E-state index contributed by atoms with van der Waals surface area (Å²) in [5.74, 6) is -0.317. The third kappa shape index (κ3) is 4.24. The van der Waals surface area contributed by atoms with Crippen molar-refractivity contribution >= 4 is 17.3 Å². The van der Waals surface area contributed by atoms with Crippen molar-refractivity contribution in [2.24, 2.45) is 5.41 Å². The third-order valence-electron chi connectivity index (χ3n) is 2.51. The molecule has 0 atom stereocenters. The van der Waals surface area contributed by atoms with Crippen molar-refractivity contribution in [3.05, 3.63) is 33.9 Å². The number of amides is 1. The number of nitro benzene ring substituents is 1. The van der Waals surface area contributed by atoms with E-state index in [4.69, 9.17) is 0 Å². The molecule has 0 saturated carbocycles. The number of benzene rings is 1. The lowest BCUT2D eigenvalue weighted by atomic mass is 9.97. The van der Waals surface area contributed by atoms with Gasteiger partial charge in [0.1, 0.15) is 0 Å². The number of nitro groups is 1. The molecule has 6 nitrogen and oxygen atoms in total. The van der Waals surface area contributed by atoms with Crippen molar-refractivity contribution < 1.29 is 9.72 Å². The molecule has 0 aliphatic heterocycles. The van der Waals surface area contributed by atoms with Crippen molar-refractivity contribution in [3.63, 3.8) is 0 Å². The molecular formula is C13H19N3O3. The summed E-state index contributed by atoms with van der Waals surface area (Å²) in [5.41, 5.74) is 0.703. The summed E-state index contributed by atoms with van der Waals surface area (Å²) in [6, 6.07) is 4.18. The van der Waals surface area contributed by atoms with Crippen molar-refractivity contribution in [2.75, 3.05) is 18.9 Å². The van der Waals surface area contributed by atoms with Crippen LogP contribution in [0.3, 0.4) is 0 Å². The minimum Gasteiger partial charge on any atom is -0.387 e. The van der Waals surface area contributed by atoms with E-state index in [0.717, 1.165) is 0 Å². The van der Waals surface area contributed by atoms with Crippen LogP contribution in [0.4, 0.5) is 11.4 Å². The second kappa shape index (κ2) is 5.69. The quantitative estimate of drug-likeness (QED) is 0.646. The van der Waals surface area contributed by atoms with E-state index < -0.39 is 4.92 Å². The first-order chi connectivity index (χ1) is 8.74. The first-order valence-electron chi connectivity index (χ1n) is 5.99. The van der Waals surface area contributed by atoms with E-state index in [2.05, 4.69) is 10.6 Å². The van der Waals surface area contributed by atoms with Gasteiger partial charge < -0.3 is 10.6 Å². The second-order valence-electron chi connectivity index (χ2n) is 5.48. The van der Waals surface area contributed by atoms with Crippen LogP contribution in [0.25, 0.3) is 0 Å². The lowest BCUT2D eigenvalue weighted by Crippen LogP contribution is -2.32. The van der Waals surface area contributed by atoms with Crippen LogP contribution in [0.1, 0.15) is 31.1 Å². The largest absolute Gasteiger partial charge is 0.387 e. The number of carbonyl (C=O) groups excluding carboxylic acids is 1. The van der Waals surface area contributed by atoms with Gasteiger partial charge in [0.2, 0.25) is 0 Å². The molecular weight excluding hydrogens is 246 g/mol. The molecule has 0 bridgehead atoms. The number of hydrogen-bond donors (Lipinski definition) is 2. The first kappa shape index (κ1) is 14.9. The summed E-state index contributed by atoms with van der Waals surface area (Å²) in [5, 5.41) is 16.4. The number of nitrogens with zero attached hydrogens (tertiary/aromatic N) is 1. The molecule has 0 saturated heterocycles. The van der Waals surface area contributed by atoms with Crippen LogP contribution in [-0.4, -0.2) is 24.4 Å². The van der Waals surface area contributed by atoms with Gasteiger partial charge in [0.05, 0.1) is 10.5 Å². The highest BCUT2D eigenvalue weighted by Crippen LogP contribution is 2.22. The van der Waals surface area contributed by atoms with Gasteiger partial charge in [0.25, 0.3) is 11.6 Å². The van der Waals surface area contributed by atoms with Crippen molar-refractivity contribution in [3.8, 4) is 0 Å². The molecule has 19 heavy (non-hydrogen) atoms. The van der Waals surface area contributed by atoms with Gasteiger partial charge in [-0.15, -0.1) is 0 Å². The summed E-state index contributed by atoms with van der Waals surface area (Å²) < 4.78 is 0. The number of hydrogen-bond acceptors (Lipinski definition) is 4. The van der Waals surface area contributed by atoms with E-state index >= 15 is 0 Å². The average Bonchev–Trinajstić information content (AvgIpc) is 2.34. The highest BCUT2D eigenvalue weighted by atomic mass is 16.6. The molecule has 0 aliphatic rings. The number of carbonyl (C=O) groups is 1. The molecule has 0 heterocycles. The van der Waals surface area contributed by atoms with Crippen LogP contribution < -0.4 is 10.6 Å². The minimum atomic E-state index is -0.514. The molecule has 0 spiro atoms. The molecule has 0 unspecified atom stereocenters. The Morgan fingerprint density at radius 2 is 2.00 bits per heavy atom. The second-order valence-corrected chi connectivity index (χ2v) is 5.48. The Morgan fingerprint density at radius 3 is 2.47 bits per heavy atom. The molecule has 1 aromatic carbocycles. The topological polar surface area (TPSA) is 84.3 Å². The summed E-state index contributed by atoms with van der Waals surface area (Å²) in [6.07, 6.45) is 0. The SMILES string of the molecule is CNc1ccc([N+](=O)[O-])cc1C(=O)NCC(C)(C)C. The van der Waals surface area contributed by atoms with Crippen LogP contribution in [0.15, 0.2) is 18.2 Å². The van der Waals surface area contributed by atoms with E-state index in [1.807, 2.05) is 20.8 Å². The normalized spacial score (nSPS) is 10.9. The van der Waals surface area contributed by atoms with Gasteiger partial charge in [-0.05, 0) is 11.5 Å². The summed E-state index contributed by atoms with van der Waals surface area (Å²) >= 11 is 0. The lowest BCUT2D eigenvalue weighted by Gasteiger charge is -2.19. The first-order valence-corrected chi connectivity index (χ1v) is 5.99. The Balaban J connectivity index is 2.99. The fraction of sp³-hybridized carbons (Fsp3) is 0.462. The molecule has 1 aromatic rings. The highest BCUT2D eigenvalue weighted by Gasteiger charge is 2.18. The van der Waals surface area contributed by atoms with Gasteiger partial charge in [-0.2, -0.15) is 0 Å². The summed E-state index contributed by atoms with van der Waals surface area (Å²) in [6.45, 7) is 6.50. The number of rotatable bonds is 4. The molecule has 1 amide bonds. The molecule has 2 N–H and O–H groups in total. The van der Waals surface area contributed by atoms with Crippen LogP contribution >= 0.6 is 0 Å². The molecule has 0 aliphatic carbocycles. The Hall–Kier alpha value is -2.11. The maximum atomic E-state index is 12.1. The summed E-state index contributed by atoms with van der Waals surface area (Å²) in [7, 11) is 1.67. The van der Waals surface area contributed by atoms with Crippen molar-refractivity contribution in [2.45, 2.75) is 20.8 Å². The lowest BCUT2D eigenvalue weighted by molar-refractivity contribution is -0.384. The molecule has 0 fully saturated rings. The number of non-ortho nitro benzene ring substituents is 1. The fourth-order valence-corrected chi connectivity index (χ4v) is 1.49. The maximum Gasteiger partial charge on any atom is 0.270 e. The molecule has 0 radical (unpaired) electrons. The van der Waals surface area contributed by atoms with Gasteiger partial charge >= 0.3 is 0 Å². The van der Waals surface area contributed by atoms with Gasteiger partial charge in [0, 0.05) is 31.4 Å². The van der Waals surface area contributed by atoms with E-state index in [9.17, 15) is 14.9 Å². The van der Waals surface area contributed by atoms with Crippen LogP contribution in [0, 0.1) is 15.5 Å². The molecule has 6 heteroatoms. The van der Waals surface area contributed by atoms with Crippen LogP contribution in [0.2, 0.25) is 0 Å². The zero-order valence-electron chi connectivity index (χ0n) is 11.6. The molecule has 1 rings (SSSR count). The fourth-order valence-electron chi connectivity index (χ4n) is 1.49. The maximum absolute atomic E-state index is 12.1. The van der Waals surface area contributed by atoms with Crippen molar-refractivity contribution in [1.29, 1.82) is 0 Å². The molecule has 0 aromatic heterocycles. The zero-order chi connectivity index (χ0) is 14.6. The Morgan fingerprint density at radius 1 is 1.37 bits per heavy atom. The monoisotopic (exact) mass is 265 g/mol. The minimum absolute atomic E-state index is 0.0455.